The molecule has 1 heterocycles. The number of nitrogens with zero attached hydrogens (tertiary/aromatic N) is 2. The van der Waals surface area contributed by atoms with Crippen LogP contribution in [0.25, 0.3) is 0 Å². The van der Waals surface area contributed by atoms with E-state index < -0.39 is 0 Å². The molecule has 0 radical (unpaired) electrons. The van der Waals surface area contributed by atoms with Gasteiger partial charge in [0.05, 0.1) is 11.7 Å². The number of aliphatic imine (C=N–C) groups is 1. The maximum Gasteiger partial charge on any atom is 0.287 e. The fourth-order valence-electron chi connectivity index (χ4n) is 3.40. The van der Waals surface area contributed by atoms with Crippen LogP contribution in [-0.4, -0.2) is 42.5 Å². The normalized spacial score (nSPS) is 19.6. The highest BCUT2D eigenvalue weighted by Gasteiger charge is 2.27. The van der Waals surface area contributed by atoms with E-state index in [1.54, 1.807) is 36.3 Å². The second-order valence-corrected chi connectivity index (χ2v) is 6.57. The van der Waals surface area contributed by atoms with Gasteiger partial charge in [-0.25, -0.2) is 4.39 Å². The Kier molecular flexibility index (Phi) is 6.37. The van der Waals surface area contributed by atoms with Gasteiger partial charge in [-0.2, -0.15) is 0 Å². The van der Waals surface area contributed by atoms with Crippen molar-refractivity contribution in [1.82, 2.24) is 10.2 Å². The van der Waals surface area contributed by atoms with E-state index in [9.17, 15) is 9.18 Å². The van der Waals surface area contributed by atoms with E-state index in [4.69, 9.17) is 5.41 Å². The van der Waals surface area contributed by atoms with Gasteiger partial charge in [-0.05, 0) is 37.5 Å². The molecule has 146 valence electrons. The van der Waals surface area contributed by atoms with Gasteiger partial charge in [-0.1, -0.05) is 24.3 Å². The largest absolute Gasteiger partial charge is 0.356 e. The van der Waals surface area contributed by atoms with Crippen molar-refractivity contribution in [3.05, 3.63) is 65.8 Å². The molecule has 0 bridgehead atoms. The summed E-state index contributed by atoms with van der Waals surface area (Å²) in [4.78, 5) is 18.7. The predicted octanol–water partition coefficient (Wildman–Crippen LogP) is 3.22. The van der Waals surface area contributed by atoms with Gasteiger partial charge in [0.25, 0.3) is 5.91 Å². The first kappa shape index (κ1) is 19.5. The lowest BCUT2D eigenvalue weighted by Gasteiger charge is -2.29. The van der Waals surface area contributed by atoms with Gasteiger partial charge in [0.2, 0.25) is 0 Å². The van der Waals surface area contributed by atoms with Crippen LogP contribution in [0.5, 0.6) is 0 Å². The van der Waals surface area contributed by atoms with Crippen LogP contribution in [0.2, 0.25) is 0 Å². The standard InChI is InChI=1S/C21H24FN5O/c1-24-20(27-12-5-2-6-13-27)21(28)26-18-11-7-10-17(15(18)14-23)25-19-9-4-3-8-16(19)22/h2-6,8-9,12,14,18,23,25H,7,10-11,13H2,1H3,(H,26,28)/b23-14?,24-20-. The summed E-state index contributed by atoms with van der Waals surface area (Å²) in [7, 11) is 1.58. The van der Waals surface area contributed by atoms with Gasteiger partial charge in [0, 0.05) is 37.3 Å². The van der Waals surface area contributed by atoms with Crippen molar-refractivity contribution in [2.24, 2.45) is 4.99 Å². The van der Waals surface area contributed by atoms with Crippen molar-refractivity contribution in [2.75, 3.05) is 18.9 Å². The maximum absolute atomic E-state index is 14.0. The number of rotatable bonds is 4. The molecule has 1 unspecified atom stereocenters. The SMILES string of the molecule is C/N=C(/C(=O)NC1CCCC(Nc2ccccc2F)=C1C=N)N1C=CC=CC1. The van der Waals surface area contributed by atoms with Crippen molar-refractivity contribution in [2.45, 2.75) is 25.3 Å². The molecule has 0 aromatic heterocycles. The summed E-state index contributed by atoms with van der Waals surface area (Å²) in [5, 5.41) is 13.9. The first-order chi connectivity index (χ1) is 13.6. The van der Waals surface area contributed by atoms with E-state index in [1.165, 1.54) is 12.3 Å². The molecule has 1 aromatic carbocycles. The first-order valence-corrected chi connectivity index (χ1v) is 9.26. The van der Waals surface area contributed by atoms with Crippen LogP contribution in [0, 0.1) is 11.2 Å². The number of benzene rings is 1. The summed E-state index contributed by atoms with van der Waals surface area (Å²) in [5.74, 6) is -0.325. The van der Waals surface area contributed by atoms with Gasteiger partial charge < -0.3 is 20.9 Å². The number of allylic oxidation sites excluding steroid dienone is 3. The van der Waals surface area contributed by atoms with Crippen LogP contribution in [-0.2, 0) is 4.79 Å². The molecular weight excluding hydrogens is 357 g/mol. The molecule has 1 aliphatic carbocycles. The highest BCUT2D eigenvalue weighted by atomic mass is 19.1. The predicted molar refractivity (Wildman–Crippen MR) is 110 cm³/mol. The Morgan fingerprint density at radius 3 is 2.86 bits per heavy atom. The number of halogens is 1. The molecule has 0 spiro atoms. The average Bonchev–Trinajstić information content (AvgIpc) is 2.71. The van der Waals surface area contributed by atoms with E-state index in [0.717, 1.165) is 12.1 Å². The van der Waals surface area contributed by atoms with Crippen LogP contribution < -0.4 is 10.6 Å². The molecular formula is C21H24FN5O. The number of anilines is 1. The minimum atomic E-state index is -0.351. The van der Waals surface area contributed by atoms with Crippen molar-refractivity contribution >= 4 is 23.6 Å². The van der Waals surface area contributed by atoms with Gasteiger partial charge in [-0.15, -0.1) is 0 Å². The molecule has 7 heteroatoms. The highest BCUT2D eigenvalue weighted by Crippen LogP contribution is 2.27. The quantitative estimate of drug-likeness (QED) is 0.553. The molecule has 1 amide bonds. The Morgan fingerprint density at radius 1 is 1.36 bits per heavy atom. The summed E-state index contributed by atoms with van der Waals surface area (Å²) in [6, 6.07) is 6.10. The molecule has 3 rings (SSSR count). The minimum absolute atomic E-state index is 0.293. The smallest absolute Gasteiger partial charge is 0.287 e. The molecule has 0 saturated heterocycles. The average molecular weight is 381 g/mol. The monoisotopic (exact) mass is 381 g/mol. The third-order valence-electron chi connectivity index (χ3n) is 4.77. The number of amidine groups is 1. The summed E-state index contributed by atoms with van der Waals surface area (Å²) in [6.07, 6.45) is 11.0. The minimum Gasteiger partial charge on any atom is -0.356 e. The van der Waals surface area contributed by atoms with E-state index in [0.29, 0.717) is 36.5 Å². The van der Waals surface area contributed by atoms with Crippen molar-refractivity contribution in [1.29, 1.82) is 5.41 Å². The van der Waals surface area contributed by atoms with E-state index >= 15 is 0 Å². The molecule has 6 nitrogen and oxygen atoms in total. The zero-order chi connectivity index (χ0) is 19.9. The molecule has 1 atom stereocenters. The Morgan fingerprint density at radius 2 is 2.18 bits per heavy atom. The number of nitrogens with one attached hydrogen (secondary N) is 3. The number of hydrogen-bond acceptors (Lipinski definition) is 4. The van der Waals surface area contributed by atoms with E-state index in [2.05, 4.69) is 15.6 Å². The summed E-state index contributed by atoms with van der Waals surface area (Å²) < 4.78 is 14.0. The number of carbonyl (C=O) groups excluding carboxylic acids is 1. The molecule has 1 aromatic rings. The second-order valence-electron chi connectivity index (χ2n) is 6.57. The fourth-order valence-corrected chi connectivity index (χ4v) is 3.40. The van der Waals surface area contributed by atoms with Crippen LogP contribution in [0.1, 0.15) is 19.3 Å². The van der Waals surface area contributed by atoms with Gasteiger partial charge >= 0.3 is 0 Å². The van der Waals surface area contributed by atoms with Gasteiger partial charge in [-0.3, -0.25) is 9.79 Å². The third-order valence-corrected chi connectivity index (χ3v) is 4.77. The van der Waals surface area contributed by atoms with Gasteiger partial charge in [0.15, 0.2) is 5.84 Å². The lowest BCUT2D eigenvalue weighted by atomic mass is 9.91. The summed E-state index contributed by atoms with van der Waals surface area (Å²) in [5.41, 5.74) is 1.78. The fraction of sp³-hybridized carbons (Fsp3) is 0.286. The van der Waals surface area contributed by atoms with Gasteiger partial charge in [0.1, 0.15) is 5.82 Å². The molecule has 1 aliphatic heterocycles. The number of amides is 1. The molecule has 0 fully saturated rings. The maximum atomic E-state index is 14.0. The molecule has 28 heavy (non-hydrogen) atoms. The van der Waals surface area contributed by atoms with Crippen LogP contribution in [0.4, 0.5) is 10.1 Å². The van der Waals surface area contributed by atoms with Crippen LogP contribution in [0.3, 0.4) is 0 Å². The Hall–Kier alpha value is -3.22. The zero-order valence-corrected chi connectivity index (χ0v) is 15.8. The van der Waals surface area contributed by atoms with Crippen LogP contribution >= 0.6 is 0 Å². The lowest BCUT2D eigenvalue weighted by Crippen LogP contribution is -2.47. The van der Waals surface area contributed by atoms with Crippen molar-refractivity contribution in [3.8, 4) is 0 Å². The summed E-state index contributed by atoms with van der Waals surface area (Å²) >= 11 is 0. The van der Waals surface area contributed by atoms with Crippen molar-refractivity contribution < 1.29 is 9.18 Å². The van der Waals surface area contributed by atoms with Crippen LogP contribution in [0.15, 0.2) is 65.0 Å². The Labute approximate surface area is 164 Å². The highest BCUT2D eigenvalue weighted by molar-refractivity contribution is 6.38. The zero-order valence-electron chi connectivity index (χ0n) is 15.8. The third kappa shape index (κ3) is 4.36. The lowest BCUT2D eigenvalue weighted by molar-refractivity contribution is -0.115. The summed E-state index contributed by atoms with van der Waals surface area (Å²) in [6.45, 7) is 0.578. The first-order valence-electron chi connectivity index (χ1n) is 9.26. The number of para-hydroxylation sites is 1. The Bertz CT molecular complexity index is 871. The number of hydrogen-bond donors (Lipinski definition) is 3. The molecule has 0 saturated carbocycles. The molecule has 3 N–H and O–H groups in total. The molecule has 2 aliphatic rings. The topological polar surface area (TPSA) is 80.6 Å². The van der Waals surface area contributed by atoms with E-state index in [1.807, 2.05) is 18.2 Å². The second kappa shape index (κ2) is 9.12. The van der Waals surface area contributed by atoms with Crippen molar-refractivity contribution in [3.63, 3.8) is 0 Å². The Balaban J connectivity index is 1.78. The van der Waals surface area contributed by atoms with E-state index in [-0.39, 0.29) is 17.8 Å². The number of carbonyl (C=O) groups is 1.